The number of rotatable bonds is 4. The summed E-state index contributed by atoms with van der Waals surface area (Å²) >= 11 is 0. The normalized spacial score (nSPS) is 17.8. The number of anilines is 1. The van der Waals surface area contributed by atoms with Gasteiger partial charge >= 0.3 is 0 Å². The molecule has 1 aromatic heterocycles. The molecule has 0 bridgehead atoms. The van der Waals surface area contributed by atoms with Gasteiger partial charge in [-0.3, -0.25) is 19.5 Å². The lowest BCUT2D eigenvalue weighted by molar-refractivity contribution is -0.132. The predicted octanol–water partition coefficient (Wildman–Crippen LogP) is 3.99. The Morgan fingerprint density at radius 1 is 1.03 bits per heavy atom. The fraction of sp³-hybridized carbons (Fsp3) is 0.0870. The molecule has 0 radical (unpaired) electrons. The Balaban J connectivity index is 1.99. The first-order valence-corrected chi connectivity index (χ1v) is 9.22. The van der Waals surface area contributed by atoms with Crippen molar-refractivity contribution in [2.75, 3.05) is 12.0 Å². The average Bonchev–Trinajstić information content (AvgIpc) is 3.04. The molecule has 0 saturated carbocycles. The van der Waals surface area contributed by atoms with E-state index in [1.807, 2.05) is 0 Å². The van der Waals surface area contributed by atoms with E-state index in [-0.39, 0.29) is 22.6 Å². The number of benzene rings is 2. The Morgan fingerprint density at radius 3 is 2.42 bits per heavy atom. The quantitative estimate of drug-likeness (QED) is 0.391. The number of halogens is 2. The van der Waals surface area contributed by atoms with Gasteiger partial charge in [0.05, 0.1) is 24.3 Å². The number of aliphatic hydroxyl groups excluding tert-OH is 1. The SMILES string of the molecule is COc1ccc(F)cc1/C(O)=C1\C(=O)C(=O)N(c2cccc(F)c2)C1c1ccncc1. The van der Waals surface area contributed by atoms with Gasteiger partial charge in [0.2, 0.25) is 0 Å². The Kier molecular flexibility index (Phi) is 5.21. The van der Waals surface area contributed by atoms with Gasteiger partial charge in [-0.2, -0.15) is 0 Å². The smallest absolute Gasteiger partial charge is 0.300 e. The first-order chi connectivity index (χ1) is 14.9. The average molecular weight is 422 g/mol. The molecule has 2 heterocycles. The van der Waals surface area contributed by atoms with E-state index in [4.69, 9.17) is 4.74 Å². The summed E-state index contributed by atoms with van der Waals surface area (Å²) in [6.07, 6.45) is 2.92. The summed E-state index contributed by atoms with van der Waals surface area (Å²) in [6, 6.07) is 10.7. The minimum atomic E-state index is -1.09. The standard InChI is InChI=1S/C23H16F2N2O4/c1-31-18-6-5-15(25)12-17(18)21(28)19-20(13-7-9-26-10-8-13)27(23(30)22(19)29)16-4-2-3-14(24)11-16/h2-12,20,28H,1H3/b21-19+. The summed E-state index contributed by atoms with van der Waals surface area (Å²) < 4.78 is 33.0. The van der Waals surface area contributed by atoms with Crippen LogP contribution in [0.3, 0.4) is 0 Å². The van der Waals surface area contributed by atoms with E-state index in [9.17, 15) is 23.5 Å². The third kappa shape index (κ3) is 3.52. The zero-order valence-corrected chi connectivity index (χ0v) is 16.3. The van der Waals surface area contributed by atoms with E-state index >= 15 is 0 Å². The largest absolute Gasteiger partial charge is 0.507 e. The van der Waals surface area contributed by atoms with Crippen LogP contribution in [0.15, 0.2) is 72.6 Å². The van der Waals surface area contributed by atoms with Gasteiger partial charge in [-0.15, -0.1) is 0 Å². The maximum absolute atomic E-state index is 13.9. The molecular formula is C23H16F2N2O4. The van der Waals surface area contributed by atoms with E-state index in [1.165, 1.54) is 43.8 Å². The van der Waals surface area contributed by atoms with E-state index in [2.05, 4.69) is 4.98 Å². The number of pyridine rings is 1. The molecular weight excluding hydrogens is 406 g/mol. The van der Waals surface area contributed by atoms with Gasteiger partial charge in [0, 0.05) is 18.1 Å². The fourth-order valence-corrected chi connectivity index (χ4v) is 3.60. The van der Waals surface area contributed by atoms with Crippen LogP contribution < -0.4 is 9.64 Å². The fourth-order valence-electron chi connectivity index (χ4n) is 3.60. The number of carbonyl (C=O) groups is 2. The number of aromatic nitrogens is 1. The molecule has 2 aromatic carbocycles. The molecule has 0 spiro atoms. The molecule has 1 saturated heterocycles. The summed E-state index contributed by atoms with van der Waals surface area (Å²) in [5, 5.41) is 11.0. The summed E-state index contributed by atoms with van der Waals surface area (Å²) in [5.41, 5.74) is 0.229. The lowest BCUT2D eigenvalue weighted by Crippen LogP contribution is -2.29. The topological polar surface area (TPSA) is 79.7 Å². The monoisotopic (exact) mass is 422 g/mol. The molecule has 1 atom stereocenters. The molecule has 1 unspecified atom stereocenters. The van der Waals surface area contributed by atoms with E-state index in [1.54, 1.807) is 12.1 Å². The lowest BCUT2D eigenvalue weighted by atomic mass is 9.95. The lowest BCUT2D eigenvalue weighted by Gasteiger charge is -2.25. The highest BCUT2D eigenvalue weighted by Crippen LogP contribution is 2.43. The van der Waals surface area contributed by atoms with Gasteiger partial charge in [-0.1, -0.05) is 6.07 Å². The zero-order chi connectivity index (χ0) is 22.1. The molecule has 1 fully saturated rings. The number of ketones is 1. The van der Waals surface area contributed by atoms with Gasteiger partial charge < -0.3 is 9.84 Å². The number of aliphatic hydroxyl groups is 1. The van der Waals surface area contributed by atoms with Crippen molar-refractivity contribution in [3.63, 3.8) is 0 Å². The van der Waals surface area contributed by atoms with Crippen molar-refractivity contribution >= 4 is 23.1 Å². The molecule has 4 rings (SSSR count). The van der Waals surface area contributed by atoms with Gasteiger partial charge in [0.1, 0.15) is 23.1 Å². The molecule has 1 aliphatic heterocycles. The van der Waals surface area contributed by atoms with Gasteiger partial charge in [0.15, 0.2) is 0 Å². The van der Waals surface area contributed by atoms with Crippen molar-refractivity contribution in [2.24, 2.45) is 0 Å². The van der Waals surface area contributed by atoms with E-state index in [0.29, 0.717) is 5.56 Å². The number of ether oxygens (including phenoxy) is 1. The van der Waals surface area contributed by atoms with Crippen molar-refractivity contribution in [2.45, 2.75) is 6.04 Å². The molecule has 3 aromatic rings. The molecule has 31 heavy (non-hydrogen) atoms. The second-order valence-electron chi connectivity index (χ2n) is 6.77. The number of hydrogen-bond donors (Lipinski definition) is 1. The third-order valence-electron chi connectivity index (χ3n) is 4.97. The Hall–Kier alpha value is -4.07. The molecule has 6 nitrogen and oxygen atoms in total. The van der Waals surface area contributed by atoms with Crippen molar-refractivity contribution in [1.29, 1.82) is 0 Å². The summed E-state index contributed by atoms with van der Waals surface area (Å²) in [6.45, 7) is 0. The number of Topliss-reactive ketones (excluding diaryl/α,β-unsaturated/α-hetero) is 1. The van der Waals surface area contributed by atoms with E-state index < -0.39 is 35.1 Å². The second-order valence-corrected chi connectivity index (χ2v) is 6.77. The summed E-state index contributed by atoms with van der Waals surface area (Å²) in [7, 11) is 1.33. The van der Waals surface area contributed by atoms with Crippen LogP contribution in [0.25, 0.3) is 5.76 Å². The number of methoxy groups -OCH3 is 1. The zero-order valence-electron chi connectivity index (χ0n) is 16.3. The van der Waals surface area contributed by atoms with Crippen LogP contribution in [0.4, 0.5) is 14.5 Å². The van der Waals surface area contributed by atoms with E-state index in [0.717, 1.165) is 23.1 Å². The van der Waals surface area contributed by atoms with Crippen molar-refractivity contribution in [3.8, 4) is 5.75 Å². The molecule has 0 aliphatic carbocycles. The maximum atomic E-state index is 13.9. The molecule has 1 N–H and O–H groups in total. The molecule has 1 aliphatic rings. The number of amides is 1. The van der Waals surface area contributed by atoms with Crippen molar-refractivity contribution in [1.82, 2.24) is 4.98 Å². The Morgan fingerprint density at radius 2 is 1.74 bits per heavy atom. The minimum absolute atomic E-state index is 0.0844. The number of carbonyl (C=O) groups excluding carboxylic acids is 2. The summed E-state index contributed by atoms with van der Waals surface area (Å²) in [4.78, 5) is 31.0. The van der Waals surface area contributed by atoms with Crippen LogP contribution in [0.5, 0.6) is 5.75 Å². The van der Waals surface area contributed by atoms with Gasteiger partial charge in [0.25, 0.3) is 11.7 Å². The Bertz CT molecular complexity index is 1210. The van der Waals surface area contributed by atoms with Crippen molar-refractivity contribution in [3.05, 3.63) is 95.3 Å². The minimum Gasteiger partial charge on any atom is -0.507 e. The molecule has 8 heteroatoms. The third-order valence-corrected chi connectivity index (χ3v) is 4.97. The number of hydrogen-bond acceptors (Lipinski definition) is 5. The number of nitrogens with zero attached hydrogens (tertiary/aromatic N) is 2. The highest BCUT2D eigenvalue weighted by molar-refractivity contribution is 6.51. The van der Waals surface area contributed by atoms with Crippen LogP contribution in [-0.4, -0.2) is 28.9 Å². The first kappa shape index (κ1) is 20.2. The Labute approximate surface area is 176 Å². The maximum Gasteiger partial charge on any atom is 0.300 e. The predicted molar refractivity (Wildman–Crippen MR) is 108 cm³/mol. The van der Waals surface area contributed by atoms with Gasteiger partial charge in [-0.05, 0) is 54.1 Å². The van der Waals surface area contributed by atoms with Crippen LogP contribution in [0.1, 0.15) is 17.2 Å². The van der Waals surface area contributed by atoms with Crippen LogP contribution in [0.2, 0.25) is 0 Å². The van der Waals surface area contributed by atoms with Crippen LogP contribution >= 0.6 is 0 Å². The second kappa shape index (κ2) is 7.98. The highest BCUT2D eigenvalue weighted by Gasteiger charge is 2.47. The van der Waals surface area contributed by atoms with Crippen molar-refractivity contribution < 1.29 is 28.2 Å². The van der Waals surface area contributed by atoms with Crippen LogP contribution in [0, 0.1) is 11.6 Å². The first-order valence-electron chi connectivity index (χ1n) is 9.22. The molecule has 156 valence electrons. The van der Waals surface area contributed by atoms with Crippen LogP contribution in [-0.2, 0) is 9.59 Å². The summed E-state index contributed by atoms with van der Waals surface area (Å²) in [5.74, 6) is -3.69. The molecule has 1 amide bonds. The van der Waals surface area contributed by atoms with Gasteiger partial charge in [-0.25, -0.2) is 8.78 Å². The highest BCUT2D eigenvalue weighted by atomic mass is 19.1.